The van der Waals surface area contributed by atoms with Crippen LogP contribution in [-0.4, -0.2) is 36.3 Å². The van der Waals surface area contributed by atoms with Crippen molar-refractivity contribution < 1.29 is 19.0 Å². The maximum Gasteiger partial charge on any atom is 0.338 e. The number of fused-ring (bicyclic) bond motifs is 1. The van der Waals surface area contributed by atoms with Gasteiger partial charge in [0, 0.05) is 0 Å². The highest BCUT2D eigenvalue weighted by molar-refractivity contribution is 5.90. The second-order valence-corrected chi connectivity index (χ2v) is 5.47. The van der Waals surface area contributed by atoms with Gasteiger partial charge in [-0.1, -0.05) is 12.1 Å². The highest BCUT2D eigenvalue weighted by Gasteiger charge is 2.12. The number of nitrogens with zero attached hydrogens (tertiary/aromatic N) is 2. The molecule has 26 heavy (non-hydrogen) atoms. The Labute approximate surface area is 149 Å². The molecule has 0 fully saturated rings. The molecule has 0 spiro atoms. The van der Waals surface area contributed by atoms with Crippen LogP contribution in [0.5, 0.6) is 11.5 Å². The molecule has 0 saturated heterocycles. The van der Waals surface area contributed by atoms with Crippen LogP contribution in [-0.2, 0) is 11.3 Å². The molecule has 0 unspecified atom stereocenters. The summed E-state index contributed by atoms with van der Waals surface area (Å²) < 4.78 is 17.0. The van der Waals surface area contributed by atoms with Crippen molar-refractivity contribution in [2.45, 2.75) is 6.54 Å². The highest BCUT2D eigenvalue weighted by atomic mass is 16.5. The molecule has 1 heterocycles. The van der Waals surface area contributed by atoms with Crippen LogP contribution in [0.4, 0.5) is 0 Å². The van der Waals surface area contributed by atoms with E-state index in [1.807, 2.05) is 6.07 Å². The maximum absolute atomic E-state index is 12.4. The Bertz CT molecular complexity index is 997. The van der Waals surface area contributed by atoms with Crippen LogP contribution in [0, 0.1) is 0 Å². The van der Waals surface area contributed by atoms with Crippen LogP contribution in [0.3, 0.4) is 0 Å². The van der Waals surface area contributed by atoms with E-state index in [1.165, 1.54) is 25.1 Å². The lowest BCUT2D eigenvalue weighted by molar-refractivity contribution is 0.0489. The number of aromatic nitrogens is 2. The van der Waals surface area contributed by atoms with Gasteiger partial charge in [0.2, 0.25) is 0 Å². The lowest BCUT2D eigenvalue weighted by atomic mass is 10.2. The molecule has 0 aliphatic heterocycles. The number of methoxy groups -OCH3 is 2. The quantitative estimate of drug-likeness (QED) is 0.632. The zero-order chi connectivity index (χ0) is 18.5. The minimum Gasteiger partial charge on any atom is -0.493 e. The van der Waals surface area contributed by atoms with Gasteiger partial charge >= 0.3 is 5.97 Å². The number of para-hydroxylation sites is 1. The summed E-state index contributed by atoms with van der Waals surface area (Å²) in [6.07, 6.45) is 1.45. The molecule has 0 bridgehead atoms. The van der Waals surface area contributed by atoms with Crippen LogP contribution in [0.15, 0.2) is 53.6 Å². The van der Waals surface area contributed by atoms with E-state index in [2.05, 4.69) is 4.98 Å². The molecule has 3 rings (SSSR count). The molecule has 3 aromatic rings. The largest absolute Gasteiger partial charge is 0.493 e. The predicted molar refractivity (Wildman–Crippen MR) is 95.8 cm³/mol. The fourth-order valence-corrected chi connectivity index (χ4v) is 2.55. The molecule has 134 valence electrons. The molecule has 0 radical (unpaired) electrons. The van der Waals surface area contributed by atoms with E-state index in [4.69, 9.17) is 14.2 Å². The third-order valence-corrected chi connectivity index (χ3v) is 3.92. The molecule has 0 amide bonds. The van der Waals surface area contributed by atoms with Crippen molar-refractivity contribution in [1.29, 1.82) is 0 Å². The van der Waals surface area contributed by atoms with Gasteiger partial charge in [0.15, 0.2) is 11.5 Å². The van der Waals surface area contributed by atoms with Crippen molar-refractivity contribution in [1.82, 2.24) is 9.55 Å². The Morgan fingerprint density at radius 3 is 2.62 bits per heavy atom. The van der Waals surface area contributed by atoms with Crippen LogP contribution in [0.2, 0.25) is 0 Å². The maximum atomic E-state index is 12.4. The van der Waals surface area contributed by atoms with Gasteiger partial charge in [0.05, 0.1) is 43.6 Å². The molecular formula is C19H18N2O5. The van der Waals surface area contributed by atoms with E-state index in [9.17, 15) is 9.59 Å². The molecular weight excluding hydrogens is 336 g/mol. The van der Waals surface area contributed by atoms with Gasteiger partial charge in [-0.2, -0.15) is 0 Å². The van der Waals surface area contributed by atoms with Gasteiger partial charge in [-0.05, 0) is 30.3 Å². The molecule has 2 aromatic carbocycles. The van der Waals surface area contributed by atoms with Gasteiger partial charge in [0.1, 0.15) is 6.61 Å². The van der Waals surface area contributed by atoms with Gasteiger partial charge in [0.25, 0.3) is 5.56 Å². The van der Waals surface area contributed by atoms with Gasteiger partial charge < -0.3 is 14.2 Å². The summed E-state index contributed by atoms with van der Waals surface area (Å²) in [6, 6.07) is 11.9. The second kappa shape index (κ2) is 7.69. The van der Waals surface area contributed by atoms with E-state index >= 15 is 0 Å². The number of carbonyl (C=O) groups excluding carboxylic acids is 1. The first-order valence-electron chi connectivity index (χ1n) is 7.97. The Morgan fingerprint density at radius 2 is 1.85 bits per heavy atom. The van der Waals surface area contributed by atoms with Crippen molar-refractivity contribution in [3.63, 3.8) is 0 Å². The van der Waals surface area contributed by atoms with Gasteiger partial charge in [-0.3, -0.25) is 9.36 Å². The molecule has 7 nitrogen and oxygen atoms in total. The number of ether oxygens (including phenoxy) is 3. The first kappa shape index (κ1) is 17.5. The summed E-state index contributed by atoms with van der Waals surface area (Å²) in [6.45, 7) is 0.267. The van der Waals surface area contributed by atoms with E-state index in [1.54, 1.807) is 36.4 Å². The van der Waals surface area contributed by atoms with E-state index < -0.39 is 5.97 Å². The third-order valence-electron chi connectivity index (χ3n) is 3.92. The normalized spacial score (nSPS) is 10.5. The Hall–Kier alpha value is -3.35. The first-order chi connectivity index (χ1) is 12.6. The van der Waals surface area contributed by atoms with E-state index in [-0.39, 0.29) is 18.7 Å². The minimum atomic E-state index is -0.507. The molecule has 0 aliphatic carbocycles. The molecule has 7 heteroatoms. The number of hydrogen-bond acceptors (Lipinski definition) is 6. The van der Waals surface area contributed by atoms with Crippen LogP contribution < -0.4 is 15.0 Å². The average Bonchev–Trinajstić information content (AvgIpc) is 2.69. The lowest BCUT2D eigenvalue weighted by Gasteiger charge is -2.10. The van der Waals surface area contributed by atoms with Crippen molar-refractivity contribution in [2.75, 3.05) is 20.8 Å². The Balaban J connectivity index is 1.67. The zero-order valence-electron chi connectivity index (χ0n) is 14.5. The Kier molecular flexibility index (Phi) is 5.17. The standard InChI is InChI=1S/C19H18N2O5/c1-24-16-8-7-13(11-17(16)25-2)19(23)26-10-9-21-12-20-15-6-4-3-5-14(15)18(21)22/h3-8,11-12H,9-10H2,1-2H3. The Morgan fingerprint density at radius 1 is 1.08 bits per heavy atom. The molecule has 0 N–H and O–H groups in total. The van der Waals surface area contributed by atoms with Crippen molar-refractivity contribution in [2.24, 2.45) is 0 Å². The number of hydrogen-bond donors (Lipinski definition) is 0. The van der Waals surface area contributed by atoms with Gasteiger partial charge in [-0.15, -0.1) is 0 Å². The van der Waals surface area contributed by atoms with Crippen LogP contribution in [0.1, 0.15) is 10.4 Å². The lowest BCUT2D eigenvalue weighted by Crippen LogP contribution is -2.23. The minimum absolute atomic E-state index is 0.0487. The first-order valence-corrected chi connectivity index (χ1v) is 7.97. The monoisotopic (exact) mass is 354 g/mol. The topological polar surface area (TPSA) is 79.7 Å². The van der Waals surface area contributed by atoms with E-state index in [0.29, 0.717) is 28.0 Å². The second-order valence-electron chi connectivity index (χ2n) is 5.47. The summed E-state index contributed by atoms with van der Waals surface area (Å²) in [5, 5.41) is 0.529. The van der Waals surface area contributed by atoms with Crippen molar-refractivity contribution >= 4 is 16.9 Å². The number of carbonyl (C=O) groups is 1. The fraction of sp³-hybridized carbons (Fsp3) is 0.211. The molecule has 1 aromatic heterocycles. The summed E-state index contributed by atoms with van der Waals surface area (Å²) in [7, 11) is 3.01. The van der Waals surface area contributed by atoms with Crippen molar-refractivity contribution in [3.8, 4) is 11.5 Å². The summed E-state index contributed by atoms with van der Waals surface area (Å²) >= 11 is 0. The average molecular weight is 354 g/mol. The van der Waals surface area contributed by atoms with E-state index in [0.717, 1.165) is 0 Å². The SMILES string of the molecule is COc1ccc(C(=O)OCCn2cnc3ccccc3c2=O)cc1OC. The highest BCUT2D eigenvalue weighted by Crippen LogP contribution is 2.27. The summed E-state index contributed by atoms with van der Waals surface area (Å²) in [5.41, 5.74) is 0.806. The smallest absolute Gasteiger partial charge is 0.338 e. The fourth-order valence-electron chi connectivity index (χ4n) is 2.55. The number of rotatable bonds is 6. The molecule has 0 aliphatic rings. The summed E-state index contributed by atoms with van der Waals surface area (Å²) in [4.78, 5) is 28.8. The number of esters is 1. The van der Waals surface area contributed by atoms with Crippen molar-refractivity contribution in [3.05, 3.63) is 64.7 Å². The van der Waals surface area contributed by atoms with Crippen LogP contribution >= 0.6 is 0 Å². The van der Waals surface area contributed by atoms with Gasteiger partial charge in [-0.25, -0.2) is 9.78 Å². The third kappa shape index (κ3) is 3.51. The number of benzene rings is 2. The predicted octanol–water partition coefficient (Wildman–Crippen LogP) is 2.27. The molecule has 0 saturated carbocycles. The summed E-state index contributed by atoms with van der Waals surface area (Å²) in [5.74, 6) is 0.461. The van der Waals surface area contributed by atoms with Crippen LogP contribution in [0.25, 0.3) is 10.9 Å². The zero-order valence-corrected chi connectivity index (χ0v) is 14.5. The molecule has 0 atom stereocenters.